The van der Waals surface area contributed by atoms with Gasteiger partial charge in [0.15, 0.2) is 0 Å². The lowest BCUT2D eigenvalue weighted by Gasteiger charge is -2.63. The van der Waals surface area contributed by atoms with Gasteiger partial charge in [-0.3, -0.25) is 4.79 Å². The lowest BCUT2D eigenvalue weighted by atomic mass is 9.41. The normalized spacial score (nSPS) is 45.9. The number of Topliss-reactive ketones (excluding diaryl/α,β-unsaturated/α-hetero) is 1. The molecule has 0 saturated heterocycles. The first-order chi connectivity index (χ1) is 14.8. The van der Waals surface area contributed by atoms with Crippen molar-refractivity contribution in [2.75, 3.05) is 0 Å². The zero-order valence-corrected chi connectivity index (χ0v) is 22.1. The number of allylic oxidation sites excluding steroid dienone is 4. The van der Waals surface area contributed by atoms with E-state index in [2.05, 4.69) is 67.5 Å². The highest BCUT2D eigenvalue weighted by Gasteiger charge is 2.67. The third kappa shape index (κ3) is 3.25. The highest BCUT2D eigenvalue weighted by molar-refractivity contribution is 5.85. The number of ketones is 1. The second kappa shape index (κ2) is 7.82. The summed E-state index contributed by atoms with van der Waals surface area (Å²) in [5.74, 6) is 2.38. The number of aliphatic hydroxyl groups is 1. The quantitative estimate of drug-likeness (QED) is 0.459. The average molecular weight is 441 g/mol. The number of hydrogen-bond donors (Lipinski definition) is 1. The smallest absolute Gasteiger partial charge is 0.138 e. The van der Waals surface area contributed by atoms with E-state index in [1.165, 1.54) is 18.4 Å². The SMILES string of the molecule is CC(C)=CCC[C@@H](C)[C@@H]1[C@@H](O)C[C@]2(C)C3=CC[C@H]4C(C)(C)C(=O)CC[C@]4(C)[C@H]3CC[C@@]12C. The molecule has 4 rings (SSSR count). The van der Waals surface area contributed by atoms with E-state index in [0.29, 0.717) is 29.5 Å². The Balaban J connectivity index is 1.67. The maximum Gasteiger partial charge on any atom is 0.138 e. The van der Waals surface area contributed by atoms with Crippen molar-refractivity contribution in [2.45, 2.75) is 113 Å². The third-order valence-corrected chi connectivity index (χ3v) is 11.4. The summed E-state index contributed by atoms with van der Waals surface area (Å²) >= 11 is 0. The summed E-state index contributed by atoms with van der Waals surface area (Å²) in [6.07, 6.45) is 13.1. The molecule has 0 aromatic carbocycles. The maximum absolute atomic E-state index is 12.8. The van der Waals surface area contributed by atoms with Gasteiger partial charge in [-0.15, -0.1) is 0 Å². The van der Waals surface area contributed by atoms with Gasteiger partial charge >= 0.3 is 0 Å². The minimum absolute atomic E-state index is 0.0738. The summed E-state index contributed by atoms with van der Waals surface area (Å²) in [7, 11) is 0. The van der Waals surface area contributed by atoms with Crippen LogP contribution in [0.5, 0.6) is 0 Å². The molecule has 0 aromatic rings. The van der Waals surface area contributed by atoms with Crippen LogP contribution in [-0.2, 0) is 4.79 Å². The molecule has 0 aromatic heterocycles. The lowest BCUT2D eigenvalue weighted by Crippen LogP contribution is -2.57. The fraction of sp³-hybridized carbons (Fsp3) is 0.833. The fourth-order valence-corrected chi connectivity index (χ4v) is 9.44. The Kier molecular flexibility index (Phi) is 5.93. The van der Waals surface area contributed by atoms with Gasteiger partial charge in [0, 0.05) is 11.8 Å². The molecule has 32 heavy (non-hydrogen) atoms. The van der Waals surface area contributed by atoms with E-state index in [4.69, 9.17) is 0 Å². The van der Waals surface area contributed by atoms with E-state index in [0.717, 1.165) is 38.5 Å². The van der Waals surface area contributed by atoms with Gasteiger partial charge in [0.2, 0.25) is 0 Å². The van der Waals surface area contributed by atoms with Crippen molar-refractivity contribution in [3.8, 4) is 0 Å². The van der Waals surface area contributed by atoms with E-state index in [1.54, 1.807) is 5.57 Å². The molecule has 2 heteroatoms. The minimum Gasteiger partial charge on any atom is -0.393 e. The number of aliphatic hydroxyl groups excluding tert-OH is 1. The first kappa shape index (κ1) is 24.2. The molecule has 0 spiro atoms. The highest BCUT2D eigenvalue weighted by atomic mass is 16.3. The Labute approximate surface area is 197 Å². The van der Waals surface area contributed by atoms with Crippen LogP contribution in [0.25, 0.3) is 0 Å². The molecule has 180 valence electrons. The van der Waals surface area contributed by atoms with Crippen LogP contribution < -0.4 is 0 Å². The van der Waals surface area contributed by atoms with Crippen LogP contribution in [0, 0.1) is 45.3 Å². The van der Waals surface area contributed by atoms with Crippen LogP contribution in [0.15, 0.2) is 23.3 Å². The molecule has 0 aliphatic heterocycles. The zero-order valence-electron chi connectivity index (χ0n) is 22.1. The summed E-state index contributed by atoms with van der Waals surface area (Å²) in [5, 5.41) is 11.4. The van der Waals surface area contributed by atoms with Crippen LogP contribution >= 0.6 is 0 Å². The van der Waals surface area contributed by atoms with Gasteiger partial charge in [-0.2, -0.15) is 0 Å². The Morgan fingerprint density at radius 1 is 1.19 bits per heavy atom. The molecule has 0 radical (unpaired) electrons. The molecule has 8 atom stereocenters. The van der Waals surface area contributed by atoms with Crippen molar-refractivity contribution >= 4 is 5.78 Å². The van der Waals surface area contributed by atoms with Gasteiger partial charge in [-0.1, -0.05) is 64.8 Å². The van der Waals surface area contributed by atoms with Gasteiger partial charge < -0.3 is 5.11 Å². The summed E-state index contributed by atoms with van der Waals surface area (Å²) in [4.78, 5) is 12.8. The molecular formula is C30H48O2. The third-order valence-electron chi connectivity index (χ3n) is 11.4. The molecule has 0 amide bonds. The second-order valence-electron chi connectivity index (χ2n) is 13.6. The summed E-state index contributed by atoms with van der Waals surface area (Å²) in [6, 6.07) is 0. The van der Waals surface area contributed by atoms with Crippen molar-refractivity contribution in [1.29, 1.82) is 0 Å². The van der Waals surface area contributed by atoms with Crippen LogP contribution in [-0.4, -0.2) is 17.0 Å². The highest BCUT2D eigenvalue weighted by Crippen LogP contribution is 2.73. The molecule has 1 N–H and O–H groups in total. The van der Waals surface area contributed by atoms with Crippen LogP contribution in [0.4, 0.5) is 0 Å². The Bertz CT molecular complexity index is 830. The van der Waals surface area contributed by atoms with Gasteiger partial charge in [-0.25, -0.2) is 0 Å². The predicted molar refractivity (Wildman–Crippen MR) is 133 cm³/mol. The molecule has 0 heterocycles. The summed E-state index contributed by atoms with van der Waals surface area (Å²) in [5.41, 5.74) is 3.27. The Morgan fingerprint density at radius 2 is 1.88 bits per heavy atom. The van der Waals surface area contributed by atoms with E-state index in [1.807, 2.05) is 0 Å². The van der Waals surface area contributed by atoms with E-state index in [9.17, 15) is 9.90 Å². The van der Waals surface area contributed by atoms with Gasteiger partial charge in [0.1, 0.15) is 5.78 Å². The molecule has 3 saturated carbocycles. The van der Waals surface area contributed by atoms with Gasteiger partial charge in [-0.05, 0) is 98.7 Å². The molecule has 0 bridgehead atoms. The molecule has 3 fully saturated rings. The molecule has 0 unspecified atom stereocenters. The minimum atomic E-state index is -0.214. The van der Waals surface area contributed by atoms with Gasteiger partial charge in [0.25, 0.3) is 0 Å². The molecule has 4 aliphatic rings. The van der Waals surface area contributed by atoms with Crippen molar-refractivity contribution in [2.24, 2.45) is 45.3 Å². The van der Waals surface area contributed by atoms with Crippen molar-refractivity contribution < 1.29 is 9.90 Å². The first-order valence-electron chi connectivity index (χ1n) is 13.3. The number of fused-ring (bicyclic) bond motifs is 5. The number of rotatable bonds is 4. The summed E-state index contributed by atoms with van der Waals surface area (Å²) < 4.78 is 0. The van der Waals surface area contributed by atoms with Gasteiger partial charge in [0.05, 0.1) is 6.10 Å². The van der Waals surface area contributed by atoms with Crippen molar-refractivity contribution in [1.82, 2.24) is 0 Å². The predicted octanol–water partition coefficient (Wildman–Crippen LogP) is 7.51. The van der Waals surface area contributed by atoms with E-state index >= 15 is 0 Å². The standard InChI is InChI=1S/C30H48O2/c1-19(2)10-9-11-20(3)26-23(31)18-30(8)22-12-13-24-27(4,5)25(32)15-16-28(24,6)21(22)14-17-29(26,30)7/h10,12,20-21,23-24,26,31H,9,11,13-18H2,1-8H3/t20-,21+,23+,24+,26-,28-,29+,30-/m1/s1. The van der Waals surface area contributed by atoms with E-state index in [-0.39, 0.29) is 27.8 Å². The topological polar surface area (TPSA) is 37.3 Å². The zero-order chi connectivity index (χ0) is 23.7. The molecule has 4 aliphatic carbocycles. The second-order valence-corrected chi connectivity index (χ2v) is 13.6. The number of carbonyl (C=O) groups excluding carboxylic acids is 1. The van der Waals surface area contributed by atoms with Crippen LogP contribution in [0.2, 0.25) is 0 Å². The first-order valence-corrected chi connectivity index (χ1v) is 13.3. The maximum atomic E-state index is 12.8. The van der Waals surface area contributed by atoms with Crippen molar-refractivity contribution in [3.63, 3.8) is 0 Å². The number of carbonyl (C=O) groups is 1. The van der Waals surface area contributed by atoms with Crippen molar-refractivity contribution in [3.05, 3.63) is 23.3 Å². The van der Waals surface area contributed by atoms with Crippen LogP contribution in [0.1, 0.15) is 107 Å². The average Bonchev–Trinajstić information content (AvgIpc) is 2.90. The molecular weight excluding hydrogens is 392 g/mol. The Hall–Kier alpha value is -0.890. The fourth-order valence-electron chi connectivity index (χ4n) is 9.44. The Morgan fingerprint density at radius 3 is 2.53 bits per heavy atom. The lowest BCUT2D eigenvalue weighted by molar-refractivity contribution is -0.146. The summed E-state index contributed by atoms with van der Waals surface area (Å²) in [6.45, 7) is 18.6. The van der Waals surface area contributed by atoms with E-state index < -0.39 is 0 Å². The number of hydrogen-bond acceptors (Lipinski definition) is 2. The van der Waals surface area contributed by atoms with Crippen LogP contribution in [0.3, 0.4) is 0 Å². The molecule has 2 nitrogen and oxygen atoms in total. The largest absolute Gasteiger partial charge is 0.393 e. The monoisotopic (exact) mass is 440 g/mol.